The lowest BCUT2D eigenvalue weighted by molar-refractivity contribution is 0.0232. The van der Waals surface area contributed by atoms with Crippen molar-refractivity contribution in [2.75, 3.05) is 20.2 Å². The molecule has 1 aromatic rings. The molecule has 1 fully saturated rings. The first-order valence-electron chi connectivity index (χ1n) is 6.45. The topological polar surface area (TPSA) is 21.3 Å². The fraction of sp³-hybridized carbons (Fsp3) is 0.600. The summed E-state index contributed by atoms with van der Waals surface area (Å²) >= 11 is 0. The molecule has 0 aromatic heterocycles. The Labute approximate surface area is 104 Å². The number of nitrogens with one attached hydrogen (secondary N) is 1. The minimum atomic E-state index is -0.0768. The molecule has 1 N–H and O–H groups in total. The van der Waals surface area contributed by atoms with Crippen molar-refractivity contribution in [3.05, 3.63) is 35.4 Å². The Morgan fingerprint density at radius 3 is 2.88 bits per heavy atom. The van der Waals surface area contributed by atoms with Crippen molar-refractivity contribution in [1.82, 2.24) is 5.32 Å². The van der Waals surface area contributed by atoms with Gasteiger partial charge in [0.15, 0.2) is 0 Å². The van der Waals surface area contributed by atoms with Crippen LogP contribution in [0, 0.1) is 0 Å². The molecule has 2 heteroatoms. The van der Waals surface area contributed by atoms with Gasteiger partial charge in [-0.3, -0.25) is 0 Å². The molecule has 1 aliphatic heterocycles. The van der Waals surface area contributed by atoms with Gasteiger partial charge in [-0.25, -0.2) is 0 Å². The van der Waals surface area contributed by atoms with Crippen LogP contribution in [-0.4, -0.2) is 25.8 Å². The SMILES string of the molecule is COC(C)(C)Cc1cccc(C2CCNC2)c1. The van der Waals surface area contributed by atoms with Crippen molar-refractivity contribution in [2.45, 2.75) is 38.2 Å². The second kappa shape index (κ2) is 5.19. The molecule has 0 saturated carbocycles. The van der Waals surface area contributed by atoms with E-state index in [4.69, 9.17) is 4.74 Å². The van der Waals surface area contributed by atoms with Crippen LogP contribution in [0.4, 0.5) is 0 Å². The van der Waals surface area contributed by atoms with Gasteiger partial charge in [0.2, 0.25) is 0 Å². The minimum Gasteiger partial charge on any atom is -0.378 e. The predicted molar refractivity (Wildman–Crippen MR) is 71.5 cm³/mol. The van der Waals surface area contributed by atoms with E-state index in [0.717, 1.165) is 19.5 Å². The van der Waals surface area contributed by atoms with Gasteiger partial charge in [0.25, 0.3) is 0 Å². The van der Waals surface area contributed by atoms with E-state index in [1.807, 2.05) is 0 Å². The molecule has 17 heavy (non-hydrogen) atoms. The molecule has 0 aliphatic carbocycles. The van der Waals surface area contributed by atoms with E-state index < -0.39 is 0 Å². The molecular formula is C15H23NO. The number of hydrogen-bond donors (Lipinski definition) is 1. The standard InChI is InChI=1S/C15H23NO/c1-15(2,17-3)10-12-5-4-6-13(9-12)14-7-8-16-11-14/h4-6,9,14,16H,7-8,10-11H2,1-3H3. The highest BCUT2D eigenvalue weighted by Gasteiger charge is 2.19. The van der Waals surface area contributed by atoms with Crippen LogP contribution in [0.2, 0.25) is 0 Å². The summed E-state index contributed by atoms with van der Waals surface area (Å²) in [7, 11) is 1.78. The van der Waals surface area contributed by atoms with E-state index in [1.165, 1.54) is 17.5 Å². The fourth-order valence-corrected chi connectivity index (χ4v) is 2.46. The maximum atomic E-state index is 5.49. The third-order valence-electron chi connectivity index (χ3n) is 3.67. The number of hydrogen-bond acceptors (Lipinski definition) is 2. The van der Waals surface area contributed by atoms with Gasteiger partial charge in [-0.15, -0.1) is 0 Å². The van der Waals surface area contributed by atoms with Crippen LogP contribution in [0.1, 0.15) is 37.3 Å². The molecule has 1 saturated heterocycles. The molecule has 2 rings (SSSR count). The fourth-order valence-electron chi connectivity index (χ4n) is 2.46. The molecule has 1 atom stereocenters. The van der Waals surface area contributed by atoms with Crippen LogP contribution >= 0.6 is 0 Å². The van der Waals surface area contributed by atoms with E-state index >= 15 is 0 Å². The van der Waals surface area contributed by atoms with Gasteiger partial charge in [-0.1, -0.05) is 24.3 Å². The largest absolute Gasteiger partial charge is 0.378 e. The second-order valence-corrected chi connectivity index (χ2v) is 5.58. The average molecular weight is 233 g/mol. The maximum Gasteiger partial charge on any atom is 0.0662 e. The van der Waals surface area contributed by atoms with Gasteiger partial charge in [-0.05, 0) is 43.9 Å². The van der Waals surface area contributed by atoms with Crippen molar-refractivity contribution < 1.29 is 4.74 Å². The van der Waals surface area contributed by atoms with Crippen molar-refractivity contribution in [2.24, 2.45) is 0 Å². The zero-order valence-corrected chi connectivity index (χ0v) is 11.1. The highest BCUT2D eigenvalue weighted by Crippen LogP contribution is 2.24. The van der Waals surface area contributed by atoms with Crippen LogP contribution in [0.3, 0.4) is 0 Å². The van der Waals surface area contributed by atoms with Crippen molar-refractivity contribution in [1.29, 1.82) is 0 Å². The second-order valence-electron chi connectivity index (χ2n) is 5.58. The average Bonchev–Trinajstić information content (AvgIpc) is 2.82. The van der Waals surface area contributed by atoms with Gasteiger partial charge in [0, 0.05) is 20.1 Å². The Hall–Kier alpha value is -0.860. The first-order chi connectivity index (χ1) is 8.11. The molecule has 1 aromatic carbocycles. The van der Waals surface area contributed by atoms with E-state index in [-0.39, 0.29) is 5.60 Å². The first kappa shape index (κ1) is 12.6. The summed E-state index contributed by atoms with van der Waals surface area (Å²) in [4.78, 5) is 0. The van der Waals surface area contributed by atoms with E-state index in [9.17, 15) is 0 Å². The molecule has 0 amide bonds. The number of rotatable bonds is 4. The van der Waals surface area contributed by atoms with Gasteiger partial charge < -0.3 is 10.1 Å². The predicted octanol–water partition coefficient (Wildman–Crippen LogP) is 2.73. The smallest absolute Gasteiger partial charge is 0.0662 e. The van der Waals surface area contributed by atoms with Crippen molar-refractivity contribution in [3.63, 3.8) is 0 Å². The Balaban J connectivity index is 2.11. The number of ether oxygens (including phenoxy) is 1. The first-order valence-corrected chi connectivity index (χ1v) is 6.45. The van der Waals surface area contributed by atoms with Crippen LogP contribution < -0.4 is 5.32 Å². The third-order valence-corrected chi connectivity index (χ3v) is 3.67. The molecule has 1 unspecified atom stereocenters. The van der Waals surface area contributed by atoms with E-state index in [1.54, 1.807) is 7.11 Å². The van der Waals surface area contributed by atoms with Crippen LogP contribution in [0.25, 0.3) is 0 Å². The van der Waals surface area contributed by atoms with E-state index in [2.05, 4.69) is 43.4 Å². The van der Waals surface area contributed by atoms with Gasteiger partial charge >= 0.3 is 0 Å². The Morgan fingerprint density at radius 1 is 1.41 bits per heavy atom. The molecule has 1 heterocycles. The normalized spacial score (nSPS) is 20.8. The molecule has 94 valence electrons. The van der Waals surface area contributed by atoms with Crippen LogP contribution in [-0.2, 0) is 11.2 Å². The van der Waals surface area contributed by atoms with Gasteiger partial charge in [0.05, 0.1) is 5.60 Å². The molecule has 0 radical (unpaired) electrons. The van der Waals surface area contributed by atoms with E-state index in [0.29, 0.717) is 5.92 Å². The third kappa shape index (κ3) is 3.30. The summed E-state index contributed by atoms with van der Waals surface area (Å²) in [6, 6.07) is 8.97. The summed E-state index contributed by atoms with van der Waals surface area (Å²) in [6.07, 6.45) is 2.23. The highest BCUT2D eigenvalue weighted by molar-refractivity contribution is 5.28. The lowest BCUT2D eigenvalue weighted by Gasteiger charge is -2.23. The van der Waals surface area contributed by atoms with Gasteiger partial charge in [0.1, 0.15) is 0 Å². The lowest BCUT2D eigenvalue weighted by Crippen LogP contribution is -2.25. The Bertz CT molecular complexity index is 367. The van der Waals surface area contributed by atoms with Crippen LogP contribution in [0.5, 0.6) is 0 Å². The quantitative estimate of drug-likeness (QED) is 0.863. The molecular weight excluding hydrogens is 210 g/mol. The van der Waals surface area contributed by atoms with Gasteiger partial charge in [-0.2, -0.15) is 0 Å². The van der Waals surface area contributed by atoms with Crippen LogP contribution in [0.15, 0.2) is 24.3 Å². The highest BCUT2D eigenvalue weighted by atomic mass is 16.5. The molecule has 0 bridgehead atoms. The summed E-state index contributed by atoms with van der Waals surface area (Å²) < 4.78 is 5.49. The zero-order valence-electron chi connectivity index (χ0n) is 11.1. The zero-order chi connectivity index (χ0) is 12.3. The summed E-state index contributed by atoms with van der Waals surface area (Å²) in [6.45, 7) is 6.54. The number of methoxy groups -OCH3 is 1. The number of benzene rings is 1. The summed E-state index contributed by atoms with van der Waals surface area (Å²) in [5, 5.41) is 3.43. The monoisotopic (exact) mass is 233 g/mol. The lowest BCUT2D eigenvalue weighted by atomic mass is 9.92. The minimum absolute atomic E-state index is 0.0768. The Morgan fingerprint density at radius 2 is 2.24 bits per heavy atom. The maximum absolute atomic E-state index is 5.49. The molecule has 2 nitrogen and oxygen atoms in total. The van der Waals surface area contributed by atoms with Crippen molar-refractivity contribution >= 4 is 0 Å². The molecule has 0 spiro atoms. The Kier molecular flexibility index (Phi) is 3.85. The van der Waals surface area contributed by atoms with Crippen molar-refractivity contribution in [3.8, 4) is 0 Å². The molecule has 1 aliphatic rings. The summed E-state index contributed by atoms with van der Waals surface area (Å²) in [5.74, 6) is 0.695. The summed E-state index contributed by atoms with van der Waals surface area (Å²) in [5.41, 5.74) is 2.77.